The van der Waals surface area contributed by atoms with Gasteiger partial charge in [-0.3, -0.25) is 4.79 Å². The first-order chi connectivity index (χ1) is 12.2. The van der Waals surface area contributed by atoms with E-state index in [2.05, 4.69) is 6.07 Å². The number of carbonyl (C=O) groups excluding carboxylic acids is 1. The molecule has 1 amide bonds. The molecule has 5 nitrogen and oxygen atoms in total. The topological polar surface area (TPSA) is 48.0 Å². The number of para-hydroxylation sites is 1. The highest BCUT2D eigenvalue weighted by atomic mass is 32.2. The van der Waals surface area contributed by atoms with E-state index in [1.165, 1.54) is 0 Å². The normalized spacial score (nSPS) is 13.6. The maximum atomic E-state index is 13.3. The number of methoxy groups -OCH3 is 3. The monoisotopic (exact) mass is 359 g/mol. The second-order valence-corrected chi connectivity index (χ2v) is 6.67. The van der Waals surface area contributed by atoms with Crippen LogP contribution in [0.5, 0.6) is 17.2 Å². The Hall–Kier alpha value is -2.34. The molecule has 0 saturated carbocycles. The zero-order chi connectivity index (χ0) is 17.8. The number of amides is 1. The number of hydrogen-bond donors (Lipinski definition) is 0. The van der Waals surface area contributed by atoms with Crippen LogP contribution in [0.25, 0.3) is 0 Å². The van der Waals surface area contributed by atoms with Crippen LogP contribution < -0.4 is 19.1 Å². The van der Waals surface area contributed by atoms with Crippen LogP contribution in [-0.4, -0.2) is 39.5 Å². The zero-order valence-electron chi connectivity index (χ0n) is 14.6. The van der Waals surface area contributed by atoms with E-state index in [1.54, 1.807) is 45.2 Å². The average molecular weight is 359 g/mol. The molecule has 1 aliphatic rings. The minimum absolute atomic E-state index is 0.104. The Bertz CT molecular complexity index is 778. The third-order valence-corrected chi connectivity index (χ3v) is 5.27. The molecule has 25 heavy (non-hydrogen) atoms. The lowest BCUT2D eigenvalue weighted by molar-refractivity contribution is 0.0983. The molecule has 0 spiro atoms. The van der Waals surface area contributed by atoms with Gasteiger partial charge >= 0.3 is 0 Å². The van der Waals surface area contributed by atoms with Gasteiger partial charge in [0.05, 0.1) is 32.6 Å². The first-order valence-electron chi connectivity index (χ1n) is 8.03. The minimum Gasteiger partial charge on any atom is -0.496 e. The van der Waals surface area contributed by atoms with Crippen molar-refractivity contribution < 1.29 is 19.0 Å². The van der Waals surface area contributed by atoms with Crippen LogP contribution in [0.3, 0.4) is 0 Å². The van der Waals surface area contributed by atoms with Crippen LogP contribution in [0.4, 0.5) is 5.69 Å². The fourth-order valence-corrected chi connectivity index (χ4v) is 3.87. The van der Waals surface area contributed by atoms with Gasteiger partial charge in [-0.25, -0.2) is 0 Å². The lowest BCUT2D eigenvalue weighted by atomic mass is 10.1. The number of fused-ring (bicyclic) bond motifs is 1. The summed E-state index contributed by atoms with van der Waals surface area (Å²) in [4.78, 5) is 16.2. The Labute approximate surface area is 151 Å². The van der Waals surface area contributed by atoms with Crippen molar-refractivity contribution >= 4 is 23.4 Å². The van der Waals surface area contributed by atoms with Gasteiger partial charge < -0.3 is 19.1 Å². The quantitative estimate of drug-likeness (QED) is 0.830. The van der Waals surface area contributed by atoms with E-state index in [0.717, 1.165) is 22.8 Å². The van der Waals surface area contributed by atoms with E-state index < -0.39 is 0 Å². The Morgan fingerprint density at radius 1 is 1.00 bits per heavy atom. The molecule has 2 aromatic carbocycles. The largest absolute Gasteiger partial charge is 0.496 e. The third-order valence-electron chi connectivity index (χ3n) is 4.12. The zero-order valence-corrected chi connectivity index (χ0v) is 15.4. The third kappa shape index (κ3) is 3.39. The predicted octanol–water partition coefficient (Wildman–Crippen LogP) is 3.86. The van der Waals surface area contributed by atoms with Gasteiger partial charge in [-0.05, 0) is 24.3 Å². The van der Waals surface area contributed by atoms with E-state index in [4.69, 9.17) is 14.2 Å². The van der Waals surface area contributed by atoms with Gasteiger partial charge in [0.25, 0.3) is 5.91 Å². The molecule has 2 aromatic rings. The smallest absolute Gasteiger partial charge is 0.262 e. The predicted molar refractivity (Wildman–Crippen MR) is 99.6 cm³/mol. The van der Waals surface area contributed by atoms with Crippen LogP contribution in [0.15, 0.2) is 41.3 Å². The minimum atomic E-state index is -0.104. The van der Waals surface area contributed by atoms with Crippen molar-refractivity contribution in [3.05, 3.63) is 42.0 Å². The molecular formula is C19H21NO4S. The molecule has 0 aromatic heterocycles. The Morgan fingerprint density at radius 2 is 1.68 bits per heavy atom. The van der Waals surface area contributed by atoms with Crippen molar-refractivity contribution in [2.45, 2.75) is 11.3 Å². The summed E-state index contributed by atoms with van der Waals surface area (Å²) in [5, 5.41) is 0. The van der Waals surface area contributed by atoms with Gasteiger partial charge in [-0.1, -0.05) is 12.1 Å². The van der Waals surface area contributed by atoms with Crippen molar-refractivity contribution in [1.82, 2.24) is 0 Å². The van der Waals surface area contributed by atoms with Gasteiger partial charge in [-0.2, -0.15) is 0 Å². The second-order valence-electron chi connectivity index (χ2n) is 5.53. The molecular weight excluding hydrogens is 338 g/mol. The van der Waals surface area contributed by atoms with Crippen molar-refractivity contribution in [2.24, 2.45) is 0 Å². The van der Waals surface area contributed by atoms with Gasteiger partial charge in [-0.15, -0.1) is 11.8 Å². The molecule has 1 aliphatic heterocycles. The van der Waals surface area contributed by atoms with Crippen LogP contribution in [0.1, 0.15) is 16.8 Å². The first-order valence-corrected chi connectivity index (χ1v) is 9.02. The maximum absolute atomic E-state index is 13.3. The number of anilines is 1. The van der Waals surface area contributed by atoms with Gasteiger partial charge in [0.15, 0.2) is 11.5 Å². The van der Waals surface area contributed by atoms with Crippen LogP contribution >= 0.6 is 11.8 Å². The molecule has 3 rings (SSSR count). The SMILES string of the molecule is COc1cc(OC)c(C(=O)N2CCCSc3ccccc32)cc1OC. The molecule has 6 heteroatoms. The van der Waals surface area contributed by atoms with Gasteiger partial charge in [0, 0.05) is 23.6 Å². The summed E-state index contributed by atoms with van der Waals surface area (Å²) >= 11 is 1.78. The fraction of sp³-hybridized carbons (Fsp3) is 0.316. The Balaban J connectivity index is 2.06. The number of hydrogen-bond acceptors (Lipinski definition) is 5. The molecule has 0 atom stereocenters. The highest BCUT2D eigenvalue weighted by Crippen LogP contribution is 2.38. The lowest BCUT2D eigenvalue weighted by Gasteiger charge is -2.24. The van der Waals surface area contributed by atoms with Crippen LogP contribution in [0, 0.1) is 0 Å². The maximum Gasteiger partial charge on any atom is 0.262 e. The Morgan fingerprint density at radius 3 is 2.40 bits per heavy atom. The van der Waals surface area contributed by atoms with Crippen molar-refractivity contribution in [3.8, 4) is 17.2 Å². The molecule has 0 fully saturated rings. The number of carbonyl (C=O) groups is 1. The molecule has 0 aliphatic carbocycles. The number of benzene rings is 2. The highest BCUT2D eigenvalue weighted by Gasteiger charge is 2.26. The summed E-state index contributed by atoms with van der Waals surface area (Å²) in [6.07, 6.45) is 0.931. The molecule has 0 unspecified atom stereocenters. The van der Waals surface area contributed by atoms with Crippen molar-refractivity contribution in [3.63, 3.8) is 0 Å². The van der Waals surface area contributed by atoms with Gasteiger partial charge in [0.2, 0.25) is 0 Å². The van der Waals surface area contributed by atoms with E-state index >= 15 is 0 Å². The molecule has 132 valence electrons. The lowest BCUT2D eigenvalue weighted by Crippen LogP contribution is -2.32. The van der Waals surface area contributed by atoms with Crippen LogP contribution in [0.2, 0.25) is 0 Å². The molecule has 0 saturated heterocycles. The summed E-state index contributed by atoms with van der Waals surface area (Å²) in [5.74, 6) is 2.39. The van der Waals surface area contributed by atoms with Gasteiger partial charge in [0.1, 0.15) is 5.75 Å². The number of thioether (sulfide) groups is 1. The molecule has 0 radical (unpaired) electrons. The number of ether oxygens (including phenoxy) is 3. The molecule has 0 N–H and O–H groups in total. The second kappa shape index (κ2) is 7.70. The molecule has 1 heterocycles. The van der Waals surface area contributed by atoms with Crippen LogP contribution in [-0.2, 0) is 0 Å². The summed E-state index contributed by atoms with van der Waals surface area (Å²) in [7, 11) is 4.65. The highest BCUT2D eigenvalue weighted by molar-refractivity contribution is 7.99. The average Bonchev–Trinajstić information content (AvgIpc) is 2.88. The van der Waals surface area contributed by atoms with E-state index in [1.807, 2.05) is 23.1 Å². The summed E-state index contributed by atoms with van der Waals surface area (Å²) in [6.45, 7) is 0.667. The van der Waals surface area contributed by atoms with E-state index in [0.29, 0.717) is 29.4 Å². The molecule has 0 bridgehead atoms. The number of rotatable bonds is 4. The van der Waals surface area contributed by atoms with Crippen molar-refractivity contribution in [2.75, 3.05) is 38.5 Å². The fourth-order valence-electron chi connectivity index (χ4n) is 2.88. The standard InChI is InChI=1S/C19H21NO4S/c1-22-15-12-17(24-3)16(23-2)11-13(15)19(21)20-9-6-10-25-18-8-5-4-7-14(18)20/h4-5,7-8,11-12H,6,9-10H2,1-3H3. The summed E-state index contributed by atoms with van der Waals surface area (Å²) < 4.78 is 16.1. The summed E-state index contributed by atoms with van der Waals surface area (Å²) in [5.41, 5.74) is 1.40. The summed E-state index contributed by atoms with van der Waals surface area (Å²) in [6, 6.07) is 11.4. The first kappa shape index (κ1) is 17.5. The van der Waals surface area contributed by atoms with E-state index in [-0.39, 0.29) is 5.91 Å². The van der Waals surface area contributed by atoms with Crippen molar-refractivity contribution in [1.29, 1.82) is 0 Å². The van der Waals surface area contributed by atoms with E-state index in [9.17, 15) is 4.79 Å². The number of nitrogens with zero attached hydrogens (tertiary/aromatic N) is 1. The Kier molecular flexibility index (Phi) is 5.38.